The van der Waals surface area contributed by atoms with E-state index in [1.54, 1.807) is 6.07 Å². The Morgan fingerprint density at radius 3 is 2.47 bits per heavy atom. The van der Waals surface area contributed by atoms with Crippen molar-refractivity contribution in [1.82, 2.24) is 14.5 Å². The van der Waals surface area contributed by atoms with E-state index in [0.717, 1.165) is 43.0 Å². The summed E-state index contributed by atoms with van der Waals surface area (Å²) in [5, 5.41) is 9.25. The van der Waals surface area contributed by atoms with Crippen LogP contribution in [0.15, 0.2) is 53.6 Å². The lowest BCUT2D eigenvalue weighted by Gasteiger charge is -2.36. The number of hydrogen-bond acceptors (Lipinski definition) is 5. The van der Waals surface area contributed by atoms with E-state index in [1.165, 1.54) is 11.9 Å². The lowest BCUT2D eigenvalue weighted by atomic mass is 10.1. The maximum absolute atomic E-state index is 12.6. The van der Waals surface area contributed by atoms with Gasteiger partial charge in [0.05, 0.1) is 35.4 Å². The molecule has 8 heteroatoms. The summed E-state index contributed by atoms with van der Waals surface area (Å²) in [4.78, 5) is 21.2. The highest BCUT2D eigenvalue weighted by atomic mass is 19.3. The molecule has 0 atom stereocenters. The van der Waals surface area contributed by atoms with E-state index in [4.69, 9.17) is 5.26 Å². The van der Waals surface area contributed by atoms with Crippen molar-refractivity contribution in [3.05, 3.63) is 70.3 Å². The van der Waals surface area contributed by atoms with Crippen molar-refractivity contribution in [2.45, 2.75) is 19.5 Å². The number of aromatic nitrogens is 2. The second-order valence-electron chi connectivity index (χ2n) is 7.37. The van der Waals surface area contributed by atoms with E-state index in [0.29, 0.717) is 16.5 Å². The van der Waals surface area contributed by atoms with Gasteiger partial charge in [-0.3, -0.25) is 14.3 Å². The second kappa shape index (κ2) is 8.59. The molecule has 0 saturated carbocycles. The molecular weight excluding hydrogens is 388 g/mol. The molecule has 0 spiro atoms. The van der Waals surface area contributed by atoms with Gasteiger partial charge < -0.3 is 4.90 Å². The number of alkyl halides is 2. The molecule has 0 aliphatic carbocycles. The summed E-state index contributed by atoms with van der Waals surface area (Å²) in [7, 11) is 0. The molecule has 0 N–H and O–H groups in total. The van der Waals surface area contributed by atoms with Gasteiger partial charge in [0.15, 0.2) is 0 Å². The molecule has 0 amide bonds. The van der Waals surface area contributed by atoms with Gasteiger partial charge in [-0.2, -0.15) is 5.26 Å². The Morgan fingerprint density at radius 2 is 1.80 bits per heavy atom. The van der Waals surface area contributed by atoms with Gasteiger partial charge in [0.2, 0.25) is 0 Å². The number of nitrogens with zero attached hydrogens (tertiary/aromatic N) is 5. The maximum Gasteiger partial charge on any atom is 0.261 e. The van der Waals surface area contributed by atoms with E-state index in [-0.39, 0.29) is 0 Å². The molecule has 0 bridgehead atoms. The SMILES string of the molecule is N#Cc1ccc(CN2CCN(c3ccc4c(=O)n(CC(F)F)cnc4c3)CC2)cc1. The number of halogens is 2. The van der Waals surface area contributed by atoms with Crippen molar-refractivity contribution in [3.63, 3.8) is 0 Å². The molecule has 2 aromatic carbocycles. The molecule has 1 saturated heterocycles. The average molecular weight is 409 g/mol. The third-order valence-electron chi connectivity index (χ3n) is 5.37. The fourth-order valence-electron chi connectivity index (χ4n) is 3.73. The third-order valence-corrected chi connectivity index (χ3v) is 5.37. The van der Waals surface area contributed by atoms with Gasteiger partial charge in [0, 0.05) is 38.4 Å². The van der Waals surface area contributed by atoms with Crippen LogP contribution in [0.4, 0.5) is 14.5 Å². The quantitative estimate of drug-likeness (QED) is 0.648. The van der Waals surface area contributed by atoms with Crippen molar-refractivity contribution < 1.29 is 8.78 Å². The van der Waals surface area contributed by atoms with Gasteiger partial charge in [-0.1, -0.05) is 12.1 Å². The van der Waals surface area contributed by atoms with E-state index in [9.17, 15) is 13.6 Å². The van der Waals surface area contributed by atoms with Crippen molar-refractivity contribution in [3.8, 4) is 6.07 Å². The van der Waals surface area contributed by atoms with Crippen LogP contribution in [0, 0.1) is 11.3 Å². The fraction of sp³-hybridized carbons (Fsp3) is 0.318. The van der Waals surface area contributed by atoms with Gasteiger partial charge in [0.25, 0.3) is 12.0 Å². The highest BCUT2D eigenvalue weighted by molar-refractivity contribution is 5.81. The van der Waals surface area contributed by atoms with Crippen LogP contribution in [0.25, 0.3) is 10.9 Å². The molecule has 0 radical (unpaired) electrons. The number of hydrogen-bond donors (Lipinski definition) is 0. The largest absolute Gasteiger partial charge is 0.369 e. The van der Waals surface area contributed by atoms with Crippen molar-refractivity contribution >= 4 is 16.6 Å². The predicted molar refractivity (Wildman–Crippen MR) is 111 cm³/mol. The Labute approximate surface area is 172 Å². The van der Waals surface area contributed by atoms with Crippen LogP contribution in [0.2, 0.25) is 0 Å². The maximum atomic E-state index is 12.6. The summed E-state index contributed by atoms with van der Waals surface area (Å²) in [5.74, 6) is 0. The summed E-state index contributed by atoms with van der Waals surface area (Å²) in [6.45, 7) is 3.64. The Kier molecular flexibility index (Phi) is 5.72. The minimum absolute atomic E-state index is 0.348. The summed E-state index contributed by atoms with van der Waals surface area (Å²) in [6.07, 6.45) is -1.40. The monoisotopic (exact) mass is 409 g/mol. The van der Waals surface area contributed by atoms with Crippen molar-refractivity contribution in [2.75, 3.05) is 31.1 Å². The normalized spacial score (nSPS) is 14.9. The van der Waals surface area contributed by atoms with Gasteiger partial charge in [0.1, 0.15) is 0 Å². The van der Waals surface area contributed by atoms with Crippen molar-refractivity contribution in [1.29, 1.82) is 5.26 Å². The van der Waals surface area contributed by atoms with Crippen LogP contribution in [0.3, 0.4) is 0 Å². The van der Waals surface area contributed by atoms with Crippen LogP contribution in [-0.2, 0) is 13.1 Å². The zero-order valence-electron chi connectivity index (χ0n) is 16.3. The van der Waals surface area contributed by atoms with Gasteiger partial charge >= 0.3 is 0 Å². The van der Waals surface area contributed by atoms with E-state index < -0.39 is 18.5 Å². The van der Waals surface area contributed by atoms with Crippen LogP contribution in [-0.4, -0.2) is 47.1 Å². The molecule has 1 aliphatic heterocycles. The molecule has 1 aliphatic rings. The lowest BCUT2D eigenvalue weighted by Crippen LogP contribution is -2.46. The van der Waals surface area contributed by atoms with E-state index >= 15 is 0 Å². The number of benzene rings is 2. The molecule has 3 aromatic rings. The molecular formula is C22H21F2N5O. The second-order valence-corrected chi connectivity index (χ2v) is 7.37. The summed E-state index contributed by atoms with van der Waals surface area (Å²) in [5.41, 5.74) is 2.88. The Hall–Kier alpha value is -3.31. The summed E-state index contributed by atoms with van der Waals surface area (Å²) in [6, 6.07) is 15.1. The van der Waals surface area contributed by atoms with E-state index in [1.807, 2.05) is 36.4 Å². The van der Waals surface area contributed by atoms with Crippen LogP contribution >= 0.6 is 0 Å². The Bertz CT molecular complexity index is 1130. The average Bonchev–Trinajstić information content (AvgIpc) is 2.76. The number of nitriles is 1. The lowest BCUT2D eigenvalue weighted by molar-refractivity contribution is 0.125. The first-order valence-electron chi connectivity index (χ1n) is 9.77. The van der Waals surface area contributed by atoms with Crippen molar-refractivity contribution in [2.24, 2.45) is 0 Å². The molecule has 154 valence electrons. The van der Waals surface area contributed by atoms with E-state index in [2.05, 4.69) is 20.9 Å². The third kappa shape index (κ3) is 4.31. The summed E-state index contributed by atoms with van der Waals surface area (Å²) >= 11 is 0. The number of anilines is 1. The van der Waals surface area contributed by atoms with Crippen LogP contribution < -0.4 is 10.5 Å². The molecule has 2 heterocycles. The number of rotatable bonds is 5. The Morgan fingerprint density at radius 1 is 1.07 bits per heavy atom. The van der Waals surface area contributed by atoms with Crippen LogP contribution in [0.5, 0.6) is 0 Å². The first-order valence-corrected chi connectivity index (χ1v) is 9.77. The smallest absolute Gasteiger partial charge is 0.261 e. The highest BCUT2D eigenvalue weighted by Gasteiger charge is 2.18. The predicted octanol–water partition coefficient (Wildman–Crippen LogP) is 2.86. The molecule has 6 nitrogen and oxygen atoms in total. The first kappa shape index (κ1) is 20.0. The van der Waals surface area contributed by atoms with Gasteiger partial charge in [-0.25, -0.2) is 13.8 Å². The Balaban J connectivity index is 1.42. The molecule has 30 heavy (non-hydrogen) atoms. The molecule has 4 rings (SSSR count). The zero-order chi connectivity index (χ0) is 21.1. The minimum Gasteiger partial charge on any atom is -0.369 e. The standard InChI is InChI=1S/C22H21F2N5O/c23-21(24)14-29-15-26-20-11-18(5-6-19(20)22(29)30)28-9-7-27(8-10-28)13-17-3-1-16(12-25)2-4-17/h1-6,11,15,21H,7-10,13-14H2. The zero-order valence-corrected chi connectivity index (χ0v) is 16.3. The first-order chi connectivity index (χ1) is 14.5. The minimum atomic E-state index is -2.60. The molecule has 0 unspecified atom stereocenters. The van der Waals surface area contributed by atoms with Gasteiger partial charge in [-0.15, -0.1) is 0 Å². The highest BCUT2D eigenvalue weighted by Crippen LogP contribution is 2.21. The summed E-state index contributed by atoms with van der Waals surface area (Å²) < 4.78 is 26.2. The van der Waals surface area contributed by atoms with Crippen LogP contribution in [0.1, 0.15) is 11.1 Å². The number of piperazine rings is 1. The topological polar surface area (TPSA) is 65.2 Å². The number of fused-ring (bicyclic) bond motifs is 1. The molecule has 1 aromatic heterocycles. The molecule has 1 fully saturated rings. The van der Waals surface area contributed by atoms with Gasteiger partial charge in [-0.05, 0) is 35.9 Å². The fourth-order valence-corrected chi connectivity index (χ4v) is 3.73.